The maximum atomic E-state index is 13.3. The molecule has 132 valence electrons. The molecule has 2 saturated carbocycles. The maximum absolute atomic E-state index is 13.3. The molecule has 1 amide bonds. The van der Waals surface area contributed by atoms with Gasteiger partial charge in [-0.1, -0.05) is 43.7 Å². The second kappa shape index (κ2) is 7.69. The molecule has 1 aromatic carbocycles. The molecule has 0 radical (unpaired) electrons. The number of nitrogens with two attached hydrogens (primary N) is 1. The third-order valence-corrected chi connectivity index (χ3v) is 6.36. The summed E-state index contributed by atoms with van der Waals surface area (Å²) in [5.41, 5.74) is 7.63. The predicted octanol–water partition coefficient (Wildman–Crippen LogP) is 3.97. The molecule has 2 aliphatic rings. The van der Waals surface area contributed by atoms with E-state index in [0.29, 0.717) is 23.8 Å². The molecule has 2 N–H and O–H groups in total. The summed E-state index contributed by atoms with van der Waals surface area (Å²) in [6.45, 7) is 5.07. The van der Waals surface area contributed by atoms with Crippen LogP contribution in [0.3, 0.4) is 0 Å². The molecule has 24 heavy (non-hydrogen) atoms. The van der Waals surface area contributed by atoms with E-state index in [-0.39, 0.29) is 12.0 Å². The van der Waals surface area contributed by atoms with Crippen LogP contribution in [-0.2, 0) is 11.3 Å². The van der Waals surface area contributed by atoms with E-state index < -0.39 is 0 Å². The highest BCUT2D eigenvalue weighted by Crippen LogP contribution is 2.42. The molecule has 0 saturated heterocycles. The number of benzene rings is 1. The van der Waals surface area contributed by atoms with Gasteiger partial charge in [0.05, 0.1) is 0 Å². The molecular formula is C21H32N2O. The molecule has 3 rings (SSSR count). The van der Waals surface area contributed by atoms with Crippen LogP contribution in [0.2, 0.25) is 0 Å². The highest BCUT2D eigenvalue weighted by Gasteiger charge is 2.42. The lowest BCUT2D eigenvalue weighted by Gasteiger charge is -2.45. The van der Waals surface area contributed by atoms with Gasteiger partial charge in [0.1, 0.15) is 0 Å². The van der Waals surface area contributed by atoms with Crippen LogP contribution in [0.5, 0.6) is 0 Å². The minimum absolute atomic E-state index is 0.179. The van der Waals surface area contributed by atoms with Gasteiger partial charge in [-0.2, -0.15) is 0 Å². The summed E-state index contributed by atoms with van der Waals surface area (Å²) < 4.78 is 0. The van der Waals surface area contributed by atoms with Gasteiger partial charge >= 0.3 is 0 Å². The third-order valence-electron chi connectivity index (χ3n) is 6.36. The van der Waals surface area contributed by atoms with Crippen LogP contribution in [-0.4, -0.2) is 22.9 Å². The Morgan fingerprint density at radius 2 is 1.83 bits per heavy atom. The Hall–Kier alpha value is -1.35. The number of hydrogen-bond acceptors (Lipinski definition) is 2. The van der Waals surface area contributed by atoms with Gasteiger partial charge in [-0.05, 0) is 56.4 Å². The molecule has 2 fully saturated rings. The third kappa shape index (κ3) is 3.66. The highest BCUT2D eigenvalue weighted by atomic mass is 16.2. The SMILES string of the molecule is CCC(C)N(Cc1ccccc1)C(=O)C1CC2CCCC(C1)C2N. The van der Waals surface area contributed by atoms with Crippen molar-refractivity contribution in [3.8, 4) is 0 Å². The van der Waals surface area contributed by atoms with Gasteiger partial charge in [0, 0.05) is 24.5 Å². The second-order valence-electron chi connectivity index (χ2n) is 7.91. The van der Waals surface area contributed by atoms with E-state index in [2.05, 4.69) is 43.0 Å². The van der Waals surface area contributed by atoms with E-state index in [1.165, 1.54) is 24.8 Å². The molecule has 3 nitrogen and oxygen atoms in total. The van der Waals surface area contributed by atoms with Gasteiger partial charge in [0.2, 0.25) is 5.91 Å². The molecule has 3 atom stereocenters. The van der Waals surface area contributed by atoms with Crippen LogP contribution in [0.25, 0.3) is 0 Å². The van der Waals surface area contributed by atoms with Crippen LogP contribution in [0, 0.1) is 17.8 Å². The number of rotatable bonds is 5. The quantitative estimate of drug-likeness (QED) is 0.889. The average Bonchev–Trinajstić information content (AvgIpc) is 2.59. The van der Waals surface area contributed by atoms with Crippen molar-refractivity contribution >= 4 is 5.91 Å². The van der Waals surface area contributed by atoms with Gasteiger partial charge in [0.25, 0.3) is 0 Å². The van der Waals surface area contributed by atoms with Crippen LogP contribution >= 0.6 is 0 Å². The molecule has 1 aromatic rings. The normalized spacial score (nSPS) is 30.6. The Morgan fingerprint density at radius 3 is 2.42 bits per heavy atom. The second-order valence-corrected chi connectivity index (χ2v) is 7.91. The van der Waals surface area contributed by atoms with Crippen molar-refractivity contribution < 1.29 is 4.79 Å². The fourth-order valence-electron chi connectivity index (χ4n) is 4.68. The zero-order valence-corrected chi connectivity index (χ0v) is 15.2. The fraction of sp³-hybridized carbons (Fsp3) is 0.667. The Bertz CT molecular complexity index is 530. The summed E-state index contributed by atoms with van der Waals surface area (Å²) >= 11 is 0. The van der Waals surface area contributed by atoms with Gasteiger partial charge < -0.3 is 10.6 Å². The molecular weight excluding hydrogens is 296 g/mol. The van der Waals surface area contributed by atoms with Crippen molar-refractivity contribution in [1.82, 2.24) is 4.90 Å². The zero-order valence-electron chi connectivity index (χ0n) is 15.2. The average molecular weight is 329 g/mol. The summed E-state index contributed by atoms with van der Waals surface area (Å²) in [6.07, 6.45) is 6.71. The number of carbonyl (C=O) groups excluding carboxylic acids is 1. The van der Waals surface area contributed by atoms with Gasteiger partial charge in [-0.15, -0.1) is 0 Å². The summed E-state index contributed by atoms with van der Waals surface area (Å²) in [5.74, 6) is 1.65. The largest absolute Gasteiger partial charge is 0.335 e. The first kappa shape index (κ1) is 17.5. The Morgan fingerprint density at radius 1 is 1.21 bits per heavy atom. The summed E-state index contributed by atoms with van der Waals surface area (Å²) in [6, 6.07) is 11.0. The first-order valence-corrected chi connectivity index (χ1v) is 9.70. The van der Waals surface area contributed by atoms with Crippen molar-refractivity contribution in [1.29, 1.82) is 0 Å². The smallest absolute Gasteiger partial charge is 0.226 e. The summed E-state index contributed by atoms with van der Waals surface area (Å²) in [5, 5.41) is 0. The first-order chi connectivity index (χ1) is 11.6. The van der Waals surface area contributed by atoms with Crippen LogP contribution in [0.15, 0.2) is 30.3 Å². The van der Waals surface area contributed by atoms with Crippen molar-refractivity contribution in [3.05, 3.63) is 35.9 Å². The zero-order chi connectivity index (χ0) is 17.1. The van der Waals surface area contributed by atoms with E-state index in [0.717, 1.165) is 25.8 Å². The number of amides is 1. The van der Waals surface area contributed by atoms with Crippen molar-refractivity contribution in [2.45, 2.75) is 71.0 Å². The lowest BCUT2D eigenvalue weighted by atomic mass is 9.65. The molecule has 0 spiro atoms. The van der Waals surface area contributed by atoms with Crippen molar-refractivity contribution in [2.24, 2.45) is 23.5 Å². The van der Waals surface area contributed by atoms with Crippen molar-refractivity contribution in [2.75, 3.05) is 0 Å². The molecule has 2 bridgehead atoms. The predicted molar refractivity (Wildman–Crippen MR) is 98.3 cm³/mol. The molecule has 2 aliphatic carbocycles. The molecule has 0 aliphatic heterocycles. The van der Waals surface area contributed by atoms with Crippen LogP contribution in [0.1, 0.15) is 57.9 Å². The van der Waals surface area contributed by atoms with Crippen molar-refractivity contribution in [3.63, 3.8) is 0 Å². The topological polar surface area (TPSA) is 46.3 Å². The highest BCUT2D eigenvalue weighted by molar-refractivity contribution is 5.79. The Kier molecular flexibility index (Phi) is 5.60. The number of fused-ring (bicyclic) bond motifs is 2. The van der Waals surface area contributed by atoms with E-state index in [4.69, 9.17) is 5.73 Å². The standard InChI is InChI=1S/C21H32N2O/c1-3-15(2)23(14-16-8-5-4-6-9-16)21(24)19-12-17-10-7-11-18(13-19)20(17)22/h4-6,8-9,15,17-20H,3,7,10-14,22H2,1-2H3. The van der Waals surface area contributed by atoms with Crippen LogP contribution in [0.4, 0.5) is 0 Å². The monoisotopic (exact) mass is 328 g/mol. The minimum Gasteiger partial charge on any atom is -0.335 e. The number of hydrogen-bond donors (Lipinski definition) is 1. The molecule has 0 heterocycles. The molecule has 0 aromatic heterocycles. The minimum atomic E-state index is 0.179. The van der Waals surface area contributed by atoms with E-state index in [1.807, 2.05) is 6.07 Å². The van der Waals surface area contributed by atoms with Gasteiger partial charge in [0.15, 0.2) is 0 Å². The number of nitrogens with zero attached hydrogens (tertiary/aromatic N) is 1. The van der Waals surface area contributed by atoms with Crippen LogP contribution < -0.4 is 5.73 Å². The van der Waals surface area contributed by atoms with E-state index >= 15 is 0 Å². The van der Waals surface area contributed by atoms with Gasteiger partial charge in [-0.3, -0.25) is 4.79 Å². The van der Waals surface area contributed by atoms with Gasteiger partial charge in [-0.25, -0.2) is 0 Å². The summed E-state index contributed by atoms with van der Waals surface area (Å²) in [7, 11) is 0. The van der Waals surface area contributed by atoms with E-state index in [9.17, 15) is 4.79 Å². The lowest BCUT2D eigenvalue weighted by Crippen LogP contribution is -2.50. The Balaban J connectivity index is 1.74. The van der Waals surface area contributed by atoms with E-state index in [1.54, 1.807) is 0 Å². The lowest BCUT2D eigenvalue weighted by molar-refractivity contribution is -0.141. The first-order valence-electron chi connectivity index (χ1n) is 9.70. The molecule has 3 unspecified atom stereocenters. The maximum Gasteiger partial charge on any atom is 0.226 e. The fourth-order valence-corrected chi connectivity index (χ4v) is 4.68. The summed E-state index contributed by atoms with van der Waals surface area (Å²) in [4.78, 5) is 15.4. The Labute approximate surface area is 146 Å². The number of carbonyl (C=O) groups is 1. The molecule has 3 heteroatoms.